The zero-order valence-corrected chi connectivity index (χ0v) is 16.2. The molecule has 0 saturated heterocycles. The zero-order valence-electron chi connectivity index (χ0n) is 15.3. The lowest BCUT2D eigenvalue weighted by atomic mass is 9.87. The molecule has 2 aromatic carbocycles. The highest BCUT2D eigenvalue weighted by Crippen LogP contribution is 2.25. The largest absolute Gasteiger partial charge is 0.241 e. The average Bonchev–Trinajstić information content (AvgIpc) is 2.45. The van der Waals surface area contributed by atoms with Gasteiger partial charge in [0.05, 0.1) is 4.90 Å². The molecule has 0 aliphatic rings. The highest BCUT2D eigenvalue weighted by Gasteiger charge is 2.20. The van der Waals surface area contributed by atoms with Gasteiger partial charge in [0.15, 0.2) is 0 Å². The van der Waals surface area contributed by atoms with Crippen LogP contribution in [-0.2, 0) is 15.4 Å². The molecule has 0 radical (unpaired) electrons. The predicted octanol–water partition coefficient (Wildman–Crippen LogP) is 4.64. The molecule has 4 heteroatoms. The molecule has 0 amide bonds. The molecular weight excluding hydrogens is 318 g/mol. The Balaban J connectivity index is 2.24. The molecule has 0 saturated carbocycles. The van der Waals surface area contributed by atoms with Crippen molar-refractivity contribution in [2.45, 2.75) is 57.9 Å². The molecule has 2 aromatic rings. The van der Waals surface area contributed by atoms with Crippen LogP contribution in [0.5, 0.6) is 0 Å². The number of rotatable bonds is 4. The summed E-state index contributed by atoms with van der Waals surface area (Å²) in [5, 5.41) is 0. The second-order valence-electron chi connectivity index (χ2n) is 7.48. The molecule has 0 aliphatic carbocycles. The average molecular weight is 346 g/mol. The van der Waals surface area contributed by atoms with E-state index in [1.54, 1.807) is 12.1 Å². The summed E-state index contributed by atoms with van der Waals surface area (Å²) in [4.78, 5) is 0.298. The maximum atomic E-state index is 12.6. The Morgan fingerprint density at radius 3 is 2.04 bits per heavy atom. The first kappa shape index (κ1) is 18.7. The van der Waals surface area contributed by atoms with Gasteiger partial charge in [-0.1, -0.05) is 56.7 Å². The van der Waals surface area contributed by atoms with E-state index < -0.39 is 10.0 Å². The van der Waals surface area contributed by atoms with Crippen molar-refractivity contribution in [1.82, 2.24) is 4.72 Å². The van der Waals surface area contributed by atoms with E-state index in [0.29, 0.717) is 4.90 Å². The Hall–Kier alpha value is -1.65. The molecule has 0 aromatic heterocycles. The van der Waals surface area contributed by atoms with Gasteiger partial charge in [-0.25, -0.2) is 13.1 Å². The summed E-state index contributed by atoms with van der Waals surface area (Å²) in [6.07, 6.45) is 0. The van der Waals surface area contributed by atoms with Crippen LogP contribution in [0.15, 0.2) is 47.4 Å². The van der Waals surface area contributed by atoms with Gasteiger partial charge in [0, 0.05) is 6.04 Å². The predicted molar refractivity (Wildman–Crippen MR) is 99.8 cm³/mol. The number of sulfonamides is 1. The first-order valence-corrected chi connectivity index (χ1v) is 9.69. The molecule has 1 N–H and O–H groups in total. The van der Waals surface area contributed by atoms with E-state index in [1.165, 1.54) is 5.56 Å². The third kappa shape index (κ3) is 4.25. The van der Waals surface area contributed by atoms with Gasteiger partial charge in [0.25, 0.3) is 0 Å². The number of aryl methyl sites for hydroxylation is 2. The molecule has 0 spiro atoms. The Labute approximate surface area is 146 Å². The summed E-state index contributed by atoms with van der Waals surface area (Å²) in [6.45, 7) is 12.2. The summed E-state index contributed by atoms with van der Waals surface area (Å²) >= 11 is 0. The number of hydrogen-bond donors (Lipinski definition) is 1. The van der Waals surface area contributed by atoms with Crippen molar-refractivity contribution in [3.8, 4) is 0 Å². The second-order valence-corrected chi connectivity index (χ2v) is 9.19. The van der Waals surface area contributed by atoms with Crippen molar-refractivity contribution in [2.24, 2.45) is 0 Å². The fourth-order valence-corrected chi connectivity index (χ4v) is 4.03. The van der Waals surface area contributed by atoms with Gasteiger partial charge < -0.3 is 0 Å². The summed E-state index contributed by atoms with van der Waals surface area (Å²) in [5.41, 5.74) is 4.37. The summed E-state index contributed by atoms with van der Waals surface area (Å²) in [5.74, 6) is 0. The smallest absolute Gasteiger partial charge is 0.207 e. The quantitative estimate of drug-likeness (QED) is 0.877. The minimum absolute atomic E-state index is 0.00201. The zero-order chi connectivity index (χ0) is 18.1. The van der Waals surface area contributed by atoms with Gasteiger partial charge in [-0.2, -0.15) is 0 Å². The topological polar surface area (TPSA) is 46.2 Å². The van der Waals surface area contributed by atoms with E-state index in [2.05, 4.69) is 31.6 Å². The van der Waals surface area contributed by atoms with Crippen molar-refractivity contribution in [1.29, 1.82) is 0 Å². The summed E-state index contributed by atoms with van der Waals surface area (Å²) in [6, 6.07) is 12.9. The van der Waals surface area contributed by atoms with Crippen LogP contribution in [0.4, 0.5) is 0 Å². The lowest BCUT2D eigenvalue weighted by molar-refractivity contribution is 0.565. The Bertz CT molecular complexity index is 816. The second kappa shape index (κ2) is 6.69. The van der Waals surface area contributed by atoms with E-state index in [-0.39, 0.29) is 11.5 Å². The molecule has 24 heavy (non-hydrogen) atoms. The molecule has 2 rings (SSSR count). The third-order valence-corrected chi connectivity index (χ3v) is 5.81. The summed E-state index contributed by atoms with van der Waals surface area (Å²) in [7, 11) is -3.55. The van der Waals surface area contributed by atoms with Gasteiger partial charge in [0.1, 0.15) is 0 Å². The van der Waals surface area contributed by atoms with Crippen molar-refractivity contribution in [2.75, 3.05) is 0 Å². The third-order valence-electron chi connectivity index (χ3n) is 4.25. The van der Waals surface area contributed by atoms with E-state index in [9.17, 15) is 8.42 Å². The fourth-order valence-electron chi connectivity index (χ4n) is 2.81. The minimum Gasteiger partial charge on any atom is -0.207 e. The van der Waals surface area contributed by atoms with E-state index in [1.807, 2.05) is 45.0 Å². The van der Waals surface area contributed by atoms with Crippen molar-refractivity contribution >= 4 is 10.0 Å². The van der Waals surface area contributed by atoms with Crippen molar-refractivity contribution in [3.63, 3.8) is 0 Å². The van der Waals surface area contributed by atoms with Crippen molar-refractivity contribution in [3.05, 3.63) is 64.7 Å². The number of nitrogens with one attached hydrogen (secondary N) is 1. The van der Waals surface area contributed by atoms with Crippen LogP contribution in [0.2, 0.25) is 0 Å². The van der Waals surface area contributed by atoms with Gasteiger partial charge >= 0.3 is 0 Å². The highest BCUT2D eigenvalue weighted by molar-refractivity contribution is 7.89. The Morgan fingerprint density at radius 1 is 0.958 bits per heavy atom. The molecule has 0 fully saturated rings. The monoisotopic (exact) mass is 345 g/mol. The minimum atomic E-state index is -3.55. The maximum absolute atomic E-state index is 12.6. The van der Waals surface area contributed by atoms with Crippen LogP contribution >= 0.6 is 0 Å². The van der Waals surface area contributed by atoms with Crippen molar-refractivity contribution < 1.29 is 8.42 Å². The first-order chi connectivity index (χ1) is 11.0. The maximum Gasteiger partial charge on any atom is 0.241 e. The molecule has 3 nitrogen and oxygen atoms in total. The van der Waals surface area contributed by atoms with Gasteiger partial charge in [0.2, 0.25) is 10.0 Å². The normalized spacial score (nSPS) is 13.8. The van der Waals surface area contributed by atoms with Crippen LogP contribution in [0.3, 0.4) is 0 Å². The molecule has 1 unspecified atom stereocenters. The standard InChI is InChI=1S/C20H27NO2S/c1-14-7-12-19(15(2)13-14)16(3)21-24(22,23)18-10-8-17(9-11-18)20(4,5)6/h7-13,16,21H,1-6H3. The van der Waals surface area contributed by atoms with Gasteiger partial charge in [-0.15, -0.1) is 0 Å². The molecule has 1 atom stereocenters. The van der Waals surface area contributed by atoms with Crippen LogP contribution in [-0.4, -0.2) is 8.42 Å². The lowest BCUT2D eigenvalue weighted by Gasteiger charge is -2.20. The number of hydrogen-bond acceptors (Lipinski definition) is 2. The van der Waals surface area contributed by atoms with E-state index in [4.69, 9.17) is 0 Å². The molecular formula is C20H27NO2S. The van der Waals surface area contributed by atoms with Crippen LogP contribution in [0, 0.1) is 13.8 Å². The van der Waals surface area contributed by atoms with Crippen LogP contribution in [0.25, 0.3) is 0 Å². The SMILES string of the molecule is Cc1ccc(C(C)NS(=O)(=O)c2ccc(C(C)(C)C)cc2)c(C)c1. The Kier molecular flexibility index (Phi) is 5.21. The lowest BCUT2D eigenvalue weighted by Crippen LogP contribution is -2.27. The Morgan fingerprint density at radius 2 is 1.54 bits per heavy atom. The van der Waals surface area contributed by atoms with Gasteiger partial charge in [-0.05, 0) is 55.0 Å². The van der Waals surface area contributed by atoms with E-state index >= 15 is 0 Å². The molecule has 0 bridgehead atoms. The highest BCUT2D eigenvalue weighted by atomic mass is 32.2. The fraction of sp³-hybridized carbons (Fsp3) is 0.400. The van der Waals surface area contributed by atoms with Crippen LogP contribution < -0.4 is 4.72 Å². The molecule has 130 valence electrons. The van der Waals surface area contributed by atoms with Crippen LogP contribution in [0.1, 0.15) is 56.0 Å². The van der Waals surface area contributed by atoms with Gasteiger partial charge in [-0.3, -0.25) is 0 Å². The number of benzene rings is 2. The van der Waals surface area contributed by atoms with E-state index in [0.717, 1.165) is 16.7 Å². The molecule has 0 aliphatic heterocycles. The summed E-state index contributed by atoms with van der Waals surface area (Å²) < 4.78 is 28.1. The molecule has 0 heterocycles. The first-order valence-electron chi connectivity index (χ1n) is 8.21.